The molecule has 1 atom stereocenters. The summed E-state index contributed by atoms with van der Waals surface area (Å²) in [7, 11) is 0. The van der Waals surface area contributed by atoms with E-state index in [1.54, 1.807) is 0 Å². The summed E-state index contributed by atoms with van der Waals surface area (Å²) < 4.78 is 7.81. The van der Waals surface area contributed by atoms with E-state index in [9.17, 15) is 4.79 Å². The van der Waals surface area contributed by atoms with Gasteiger partial charge in [-0.05, 0) is 56.2 Å². The molecule has 1 aromatic heterocycles. The number of rotatable bonds is 6. The minimum Gasteiger partial charge on any atom is -0.380 e. The fourth-order valence-electron chi connectivity index (χ4n) is 3.96. The van der Waals surface area contributed by atoms with Crippen LogP contribution in [0.2, 0.25) is 0 Å². The Hall–Kier alpha value is -2.66. The monoisotopic (exact) mass is 377 g/mol. The second-order valence-electron chi connectivity index (χ2n) is 7.48. The molecule has 5 nitrogen and oxygen atoms in total. The number of para-hydroxylation sites is 2. The van der Waals surface area contributed by atoms with Gasteiger partial charge in [-0.2, -0.15) is 0 Å². The molecule has 1 aliphatic heterocycles. The minimum absolute atomic E-state index is 0.0862. The number of imidazole rings is 1. The first-order valence-corrected chi connectivity index (χ1v) is 9.99. The number of hydrogen-bond donors (Lipinski definition) is 0. The van der Waals surface area contributed by atoms with Gasteiger partial charge in [-0.1, -0.05) is 18.2 Å². The topological polar surface area (TPSA) is 47.4 Å². The Morgan fingerprint density at radius 3 is 2.75 bits per heavy atom. The fourth-order valence-corrected chi connectivity index (χ4v) is 3.96. The van der Waals surface area contributed by atoms with E-state index in [-0.39, 0.29) is 11.8 Å². The van der Waals surface area contributed by atoms with Crippen molar-refractivity contribution in [1.82, 2.24) is 9.55 Å². The molecule has 0 N–H and O–H groups in total. The molecule has 28 heavy (non-hydrogen) atoms. The highest BCUT2D eigenvalue weighted by Crippen LogP contribution is 2.33. The first kappa shape index (κ1) is 18.7. The van der Waals surface area contributed by atoms with Crippen molar-refractivity contribution in [2.75, 3.05) is 24.7 Å². The van der Waals surface area contributed by atoms with Crippen LogP contribution < -0.4 is 4.90 Å². The van der Waals surface area contributed by atoms with E-state index >= 15 is 0 Å². The molecule has 0 aliphatic carbocycles. The number of aromatic nitrogens is 2. The number of aryl methyl sites for hydroxylation is 2. The van der Waals surface area contributed by atoms with Gasteiger partial charge in [0.2, 0.25) is 5.91 Å². The Morgan fingerprint density at radius 2 is 1.96 bits per heavy atom. The average Bonchev–Trinajstić information content (AvgIpc) is 3.25. The van der Waals surface area contributed by atoms with Crippen LogP contribution in [-0.2, 0) is 16.1 Å². The predicted molar refractivity (Wildman–Crippen MR) is 112 cm³/mol. The van der Waals surface area contributed by atoms with Gasteiger partial charge >= 0.3 is 0 Å². The molecule has 4 rings (SSSR count). The molecular weight excluding hydrogens is 350 g/mol. The highest BCUT2D eigenvalue weighted by Gasteiger charge is 2.34. The van der Waals surface area contributed by atoms with E-state index < -0.39 is 0 Å². The summed E-state index contributed by atoms with van der Waals surface area (Å²) in [6.07, 6.45) is 0.491. The molecular formula is C23H27N3O2. The lowest BCUT2D eigenvalue weighted by Gasteiger charge is -2.18. The highest BCUT2D eigenvalue weighted by molar-refractivity contribution is 5.96. The maximum Gasteiger partial charge on any atom is 0.227 e. The van der Waals surface area contributed by atoms with Gasteiger partial charge in [0.15, 0.2) is 0 Å². The van der Waals surface area contributed by atoms with Gasteiger partial charge in [-0.3, -0.25) is 4.79 Å². The van der Waals surface area contributed by atoms with Crippen molar-refractivity contribution < 1.29 is 9.53 Å². The summed E-state index contributed by atoms with van der Waals surface area (Å²) in [5.41, 5.74) is 5.51. The van der Waals surface area contributed by atoms with Gasteiger partial charge < -0.3 is 14.2 Å². The number of carbonyl (C=O) groups excluding carboxylic acids is 1. The van der Waals surface area contributed by atoms with Gasteiger partial charge in [0.05, 0.1) is 17.6 Å². The Kier molecular flexibility index (Phi) is 5.18. The molecule has 0 radical (unpaired) electrons. The quantitative estimate of drug-likeness (QED) is 0.605. The van der Waals surface area contributed by atoms with Crippen LogP contribution in [0, 0.1) is 13.8 Å². The van der Waals surface area contributed by atoms with E-state index in [4.69, 9.17) is 9.72 Å². The summed E-state index contributed by atoms with van der Waals surface area (Å²) in [6, 6.07) is 14.4. The molecule has 1 unspecified atom stereocenters. The van der Waals surface area contributed by atoms with Crippen molar-refractivity contribution in [2.45, 2.75) is 39.7 Å². The summed E-state index contributed by atoms with van der Waals surface area (Å²) >= 11 is 0. The normalized spacial score (nSPS) is 17.0. The second-order valence-corrected chi connectivity index (χ2v) is 7.48. The van der Waals surface area contributed by atoms with E-state index in [2.05, 4.69) is 36.6 Å². The molecule has 1 fully saturated rings. The van der Waals surface area contributed by atoms with Gasteiger partial charge in [0.25, 0.3) is 0 Å². The van der Waals surface area contributed by atoms with Crippen LogP contribution in [0.4, 0.5) is 5.69 Å². The fraction of sp³-hybridized carbons (Fsp3) is 0.391. The third-order valence-electron chi connectivity index (χ3n) is 5.64. The molecule has 0 spiro atoms. The largest absolute Gasteiger partial charge is 0.380 e. The Balaban J connectivity index is 1.65. The zero-order valence-electron chi connectivity index (χ0n) is 16.8. The first-order chi connectivity index (χ1) is 13.6. The van der Waals surface area contributed by atoms with E-state index in [0.717, 1.165) is 29.1 Å². The van der Waals surface area contributed by atoms with Gasteiger partial charge in [-0.15, -0.1) is 0 Å². The molecule has 1 aliphatic rings. The smallest absolute Gasteiger partial charge is 0.227 e. The Bertz CT molecular complexity index is 1010. The van der Waals surface area contributed by atoms with Crippen molar-refractivity contribution in [3.05, 3.63) is 59.4 Å². The van der Waals surface area contributed by atoms with E-state index in [1.165, 1.54) is 11.1 Å². The third kappa shape index (κ3) is 3.42. The van der Waals surface area contributed by atoms with Crippen LogP contribution in [0.1, 0.15) is 36.2 Å². The summed E-state index contributed by atoms with van der Waals surface area (Å²) in [5, 5.41) is 0. The Morgan fingerprint density at radius 1 is 1.14 bits per heavy atom. The molecule has 0 bridgehead atoms. The van der Waals surface area contributed by atoms with Crippen molar-refractivity contribution in [1.29, 1.82) is 0 Å². The second kappa shape index (κ2) is 7.76. The predicted octanol–water partition coefficient (Wildman–Crippen LogP) is 4.21. The molecule has 1 saturated heterocycles. The van der Waals surface area contributed by atoms with Crippen molar-refractivity contribution in [2.24, 2.45) is 0 Å². The van der Waals surface area contributed by atoms with Crippen LogP contribution in [0.5, 0.6) is 0 Å². The SMILES string of the molecule is CCOCCn1c(C2CC(=O)N(c3ccc(C)c(C)c3)C2)nc2ccccc21. The number of hydrogen-bond acceptors (Lipinski definition) is 3. The highest BCUT2D eigenvalue weighted by atomic mass is 16.5. The number of nitrogens with zero attached hydrogens (tertiary/aromatic N) is 3. The lowest BCUT2D eigenvalue weighted by atomic mass is 10.1. The zero-order valence-corrected chi connectivity index (χ0v) is 16.8. The van der Waals surface area contributed by atoms with Gasteiger partial charge in [0, 0.05) is 37.7 Å². The molecule has 1 amide bonds. The Labute approximate surface area is 165 Å². The molecule has 5 heteroatoms. The number of anilines is 1. The van der Waals surface area contributed by atoms with Crippen molar-refractivity contribution in [3.8, 4) is 0 Å². The molecule has 2 heterocycles. The lowest BCUT2D eigenvalue weighted by molar-refractivity contribution is -0.117. The number of fused-ring (bicyclic) bond motifs is 1. The number of benzene rings is 2. The first-order valence-electron chi connectivity index (χ1n) is 9.99. The van der Waals surface area contributed by atoms with Gasteiger partial charge in [-0.25, -0.2) is 4.98 Å². The molecule has 0 saturated carbocycles. The van der Waals surface area contributed by atoms with Crippen LogP contribution in [0.15, 0.2) is 42.5 Å². The van der Waals surface area contributed by atoms with Crippen LogP contribution in [0.25, 0.3) is 11.0 Å². The molecule has 2 aromatic carbocycles. The maximum atomic E-state index is 12.8. The summed E-state index contributed by atoms with van der Waals surface area (Å²) in [6.45, 7) is 8.94. The van der Waals surface area contributed by atoms with Crippen LogP contribution in [0.3, 0.4) is 0 Å². The number of amides is 1. The van der Waals surface area contributed by atoms with E-state index in [0.29, 0.717) is 26.2 Å². The minimum atomic E-state index is 0.0862. The molecule has 3 aromatic rings. The number of ether oxygens (including phenoxy) is 1. The zero-order chi connectivity index (χ0) is 19.7. The lowest BCUT2D eigenvalue weighted by Crippen LogP contribution is -2.24. The summed E-state index contributed by atoms with van der Waals surface area (Å²) in [5.74, 6) is 1.24. The molecule has 146 valence electrons. The summed E-state index contributed by atoms with van der Waals surface area (Å²) in [4.78, 5) is 19.6. The van der Waals surface area contributed by atoms with Crippen molar-refractivity contribution >= 4 is 22.6 Å². The standard InChI is InChI=1S/C23H27N3O2/c1-4-28-12-11-25-21-8-6-5-7-20(21)24-23(25)18-14-22(27)26(15-18)19-10-9-16(2)17(3)13-19/h5-10,13,18H,4,11-12,14-15H2,1-3H3. The van der Waals surface area contributed by atoms with Crippen molar-refractivity contribution in [3.63, 3.8) is 0 Å². The van der Waals surface area contributed by atoms with Crippen LogP contribution >= 0.6 is 0 Å². The van der Waals surface area contributed by atoms with Gasteiger partial charge in [0.1, 0.15) is 5.82 Å². The number of carbonyl (C=O) groups is 1. The maximum absolute atomic E-state index is 12.8. The van der Waals surface area contributed by atoms with Crippen LogP contribution in [-0.4, -0.2) is 35.2 Å². The third-order valence-corrected chi connectivity index (χ3v) is 5.64. The average molecular weight is 377 g/mol. The van der Waals surface area contributed by atoms with E-state index in [1.807, 2.05) is 36.1 Å².